The van der Waals surface area contributed by atoms with Crippen molar-refractivity contribution in [2.24, 2.45) is 5.41 Å². The molecule has 1 heterocycles. The van der Waals surface area contributed by atoms with Crippen LogP contribution in [0.4, 0.5) is 0 Å². The lowest BCUT2D eigenvalue weighted by Crippen LogP contribution is -2.26. The Morgan fingerprint density at radius 1 is 1.69 bits per heavy atom. The van der Waals surface area contributed by atoms with Crippen molar-refractivity contribution >= 4 is 17.3 Å². The highest BCUT2D eigenvalue weighted by Gasteiger charge is 2.28. The number of aliphatic carboxylic acids is 1. The van der Waals surface area contributed by atoms with E-state index in [1.54, 1.807) is 25.2 Å². The molecule has 0 amide bonds. The second-order valence-corrected chi connectivity index (χ2v) is 4.79. The molecule has 0 fully saturated rings. The van der Waals surface area contributed by atoms with E-state index in [-0.39, 0.29) is 0 Å². The van der Waals surface area contributed by atoms with Crippen molar-refractivity contribution in [2.75, 3.05) is 0 Å². The fourth-order valence-electron chi connectivity index (χ4n) is 1.02. The smallest absolute Gasteiger partial charge is 0.309 e. The summed E-state index contributed by atoms with van der Waals surface area (Å²) in [5.74, 6) is -0.779. The van der Waals surface area contributed by atoms with E-state index in [2.05, 4.69) is 4.98 Å². The molecule has 0 bridgehead atoms. The van der Waals surface area contributed by atoms with Crippen LogP contribution in [0.15, 0.2) is 5.38 Å². The van der Waals surface area contributed by atoms with Gasteiger partial charge < -0.3 is 5.11 Å². The van der Waals surface area contributed by atoms with Crippen LogP contribution in [0.3, 0.4) is 0 Å². The van der Waals surface area contributed by atoms with Crippen molar-refractivity contribution < 1.29 is 9.90 Å². The third kappa shape index (κ3) is 2.52. The SMILES string of the molecule is Cc1nc(CC(C)(C)C(=O)O)cs1. The molecule has 0 radical (unpaired) electrons. The number of carbonyl (C=O) groups is 1. The molecule has 0 saturated heterocycles. The molecular formula is C9H13NO2S. The van der Waals surface area contributed by atoms with E-state index < -0.39 is 11.4 Å². The van der Waals surface area contributed by atoms with Crippen molar-refractivity contribution in [1.82, 2.24) is 4.98 Å². The van der Waals surface area contributed by atoms with Gasteiger partial charge in [0.25, 0.3) is 0 Å². The van der Waals surface area contributed by atoms with Crippen molar-refractivity contribution in [2.45, 2.75) is 27.2 Å². The monoisotopic (exact) mass is 199 g/mol. The van der Waals surface area contributed by atoms with E-state index >= 15 is 0 Å². The third-order valence-corrected chi connectivity index (χ3v) is 2.69. The average Bonchev–Trinajstić information content (AvgIpc) is 2.34. The van der Waals surface area contributed by atoms with Gasteiger partial charge in [0, 0.05) is 11.8 Å². The number of carboxylic acid groups (broad SMARTS) is 1. The maximum atomic E-state index is 10.8. The number of hydrogen-bond acceptors (Lipinski definition) is 3. The van der Waals surface area contributed by atoms with Crippen LogP contribution in [-0.4, -0.2) is 16.1 Å². The Bertz CT molecular complexity index is 317. The van der Waals surface area contributed by atoms with Gasteiger partial charge in [0.2, 0.25) is 0 Å². The summed E-state index contributed by atoms with van der Waals surface area (Å²) in [4.78, 5) is 15.0. The zero-order valence-corrected chi connectivity index (χ0v) is 8.81. The first kappa shape index (κ1) is 10.2. The first-order valence-corrected chi connectivity index (χ1v) is 4.94. The molecule has 0 saturated carbocycles. The molecule has 0 spiro atoms. The molecule has 0 atom stereocenters. The summed E-state index contributed by atoms with van der Waals surface area (Å²) >= 11 is 1.55. The minimum Gasteiger partial charge on any atom is -0.481 e. The van der Waals surface area contributed by atoms with Crippen LogP contribution in [0.2, 0.25) is 0 Å². The number of aryl methyl sites for hydroxylation is 1. The maximum Gasteiger partial charge on any atom is 0.309 e. The predicted molar refractivity (Wildman–Crippen MR) is 52.0 cm³/mol. The van der Waals surface area contributed by atoms with E-state index in [1.165, 1.54) is 0 Å². The Balaban J connectivity index is 2.74. The maximum absolute atomic E-state index is 10.8. The molecule has 0 aliphatic rings. The van der Waals surface area contributed by atoms with E-state index in [9.17, 15) is 4.79 Å². The number of hydrogen-bond donors (Lipinski definition) is 1. The first-order chi connectivity index (χ1) is 5.92. The molecule has 0 aliphatic carbocycles. The Kier molecular flexibility index (Phi) is 2.71. The first-order valence-electron chi connectivity index (χ1n) is 4.06. The zero-order chi connectivity index (χ0) is 10.1. The van der Waals surface area contributed by atoms with E-state index in [4.69, 9.17) is 5.11 Å². The van der Waals surface area contributed by atoms with Crippen LogP contribution in [0.1, 0.15) is 24.5 Å². The minimum absolute atomic E-state index is 0.493. The molecule has 0 aromatic carbocycles. The summed E-state index contributed by atoms with van der Waals surface area (Å²) in [5, 5.41) is 11.8. The van der Waals surface area contributed by atoms with Crippen molar-refractivity contribution in [1.29, 1.82) is 0 Å². The lowest BCUT2D eigenvalue weighted by molar-refractivity contribution is -0.146. The molecule has 13 heavy (non-hydrogen) atoms. The van der Waals surface area contributed by atoms with Gasteiger partial charge in [-0.1, -0.05) is 0 Å². The van der Waals surface area contributed by atoms with Crippen LogP contribution in [-0.2, 0) is 11.2 Å². The Morgan fingerprint density at radius 3 is 2.69 bits per heavy atom. The minimum atomic E-state index is -0.779. The van der Waals surface area contributed by atoms with E-state index in [0.717, 1.165) is 10.7 Å². The van der Waals surface area contributed by atoms with E-state index in [1.807, 2.05) is 12.3 Å². The largest absolute Gasteiger partial charge is 0.481 e. The quantitative estimate of drug-likeness (QED) is 0.811. The topological polar surface area (TPSA) is 50.2 Å². The Hall–Kier alpha value is -0.900. The van der Waals surface area contributed by atoms with Crippen LogP contribution in [0, 0.1) is 12.3 Å². The normalized spacial score (nSPS) is 11.6. The molecular weight excluding hydrogens is 186 g/mol. The van der Waals surface area contributed by atoms with Crippen LogP contribution in [0.25, 0.3) is 0 Å². The van der Waals surface area contributed by atoms with Gasteiger partial charge in [0.15, 0.2) is 0 Å². The highest BCUT2D eigenvalue weighted by Crippen LogP contribution is 2.22. The number of nitrogens with zero attached hydrogens (tertiary/aromatic N) is 1. The molecule has 1 aromatic rings. The molecule has 72 valence electrons. The van der Waals surface area contributed by atoms with Gasteiger partial charge in [-0.25, -0.2) is 4.98 Å². The number of thiazole rings is 1. The number of carboxylic acids is 1. The van der Waals surface area contributed by atoms with Gasteiger partial charge in [-0.15, -0.1) is 11.3 Å². The van der Waals surface area contributed by atoms with Crippen molar-refractivity contribution in [3.8, 4) is 0 Å². The van der Waals surface area contributed by atoms with Gasteiger partial charge in [-0.3, -0.25) is 4.79 Å². The number of rotatable bonds is 3. The van der Waals surface area contributed by atoms with E-state index in [0.29, 0.717) is 6.42 Å². The fourth-order valence-corrected chi connectivity index (χ4v) is 1.63. The lowest BCUT2D eigenvalue weighted by Gasteiger charge is -2.16. The van der Waals surface area contributed by atoms with Gasteiger partial charge in [0.05, 0.1) is 16.1 Å². The molecule has 0 aliphatic heterocycles. The Labute approximate surface area is 81.4 Å². The number of aromatic nitrogens is 1. The highest BCUT2D eigenvalue weighted by atomic mass is 32.1. The summed E-state index contributed by atoms with van der Waals surface area (Å²) in [7, 11) is 0. The summed E-state index contributed by atoms with van der Waals surface area (Å²) in [6.45, 7) is 5.34. The average molecular weight is 199 g/mol. The predicted octanol–water partition coefficient (Wildman–Crippen LogP) is 2.10. The second kappa shape index (κ2) is 3.46. The van der Waals surface area contributed by atoms with Crippen molar-refractivity contribution in [3.63, 3.8) is 0 Å². The molecule has 0 unspecified atom stereocenters. The van der Waals surface area contributed by atoms with Crippen LogP contribution < -0.4 is 0 Å². The summed E-state index contributed by atoms with van der Waals surface area (Å²) in [6.07, 6.45) is 0.493. The lowest BCUT2D eigenvalue weighted by atomic mass is 9.88. The fraction of sp³-hybridized carbons (Fsp3) is 0.556. The van der Waals surface area contributed by atoms with Gasteiger partial charge in [0.1, 0.15) is 0 Å². The van der Waals surface area contributed by atoms with Crippen LogP contribution in [0.5, 0.6) is 0 Å². The summed E-state index contributed by atoms with van der Waals surface area (Å²) < 4.78 is 0. The summed E-state index contributed by atoms with van der Waals surface area (Å²) in [5.41, 5.74) is 0.149. The molecule has 4 heteroatoms. The molecule has 1 rings (SSSR count). The summed E-state index contributed by atoms with van der Waals surface area (Å²) in [6, 6.07) is 0. The van der Waals surface area contributed by atoms with Crippen LogP contribution >= 0.6 is 11.3 Å². The zero-order valence-electron chi connectivity index (χ0n) is 8.00. The van der Waals surface area contributed by atoms with Crippen molar-refractivity contribution in [3.05, 3.63) is 16.1 Å². The molecule has 1 N–H and O–H groups in total. The molecule has 3 nitrogen and oxygen atoms in total. The van der Waals surface area contributed by atoms with Gasteiger partial charge in [-0.2, -0.15) is 0 Å². The second-order valence-electron chi connectivity index (χ2n) is 3.72. The highest BCUT2D eigenvalue weighted by molar-refractivity contribution is 7.09. The Morgan fingerprint density at radius 2 is 2.31 bits per heavy atom. The third-order valence-electron chi connectivity index (χ3n) is 1.87. The van der Waals surface area contributed by atoms with Gasteiger partial charge >= 0.3 is 5.97 Å². The van der Waals surface area contributed by atoms with Gasteiger partial charge in [-0.05, 0) is 20.8 Å². The molecule has 1 aromatic heterocycles. The standard InChI is InChI=1S/C9H13NO2S/c1-6-10-7(5-13-6)4-9(2,3)8(11)12/h5H,4H2,1-3H3,(H,11,12).